The Morgan fingerprint density at radius 1 is 0.448 bits per heavy atom. The lowest BCUT2D eigenvalue weighted by Crippen LogP contribution is -2.30. The molecule has 0 N–H and O–H groups in total. The molecule has 0 saturated carbocycles. The first kappa shape index (κ1) is 32.4. The van der Waals surface area contributed by atoms with Crippen LogP contribution in [-0.2, 0) is 0 Å². The van der Waals surface area contributed by atoms with Gasteiger partial charge in [0.05, 0.1) is 17.1 Å². The highest BCUT2D eigenvalue weighted by atomic mass is 32.1. The van der Waals surface area contributed by atoms with Crippen molar-refractivity contribution in [1.29, 1.82) is 0 Å². The Labute approximate surface area is 343 Å². The topological polar surface area (TPSA) is 8.17 Å². The number of hydrogen-bond acceptors (Lipinski definition) is 3. The predicted octanol–water partition coefficient (Wildman–Crippen LogP) is 15.4. The molecule has 2 unspecified atom stereocenters. The van der Waals surface area contributed by atoms with Gasteiger partial charge in [0.2, 0.25) is 0 Å². The molecule has 1 aliphatic carbocycles. The Balaban J connectivity index is 1.00. The molecular formula is C54H34N2S2. The van der Waals surface area contributed by atoms with E-state index in [1.54, 1.807) is 0 Å². The van der Waals surface area contributed by atoms with Crippen molar-refractivity contribution in [2.75, 3.05) is 4.90 Å². The zero-order chi connectivity index (χ0) is 37.9. The predicted molar refractivity (Wildman–Crippen MR) is 251 cm³/mol. The monoisotopic (exact) mass is 774 g/mol. The van der Waals surface area contributed by atoms with Crippen LogP contribution < -0.4 is 4.90 Å². The molecule has 0 bridgehead atoms. The number of nitrogens with zero attached hydrogens (tertiary/aromatic N) is 2. The summed E-state index contributed by atoms with van der Waals surface area (Å²) in [5.74, 6) is 0.172. The average Bonchev–Trinajstić information content (AvgIpc) is 4.04. The molecular weight excluding hydrogens is 741 g/mol. The molecule has 0 radical (unpaired) electrons. The average molecular weight is 775 g/mol. The van der Waals surface area contributed by atoms with Gasteiger partial charge >= 0.3 is 0 Å². The number of rotatable bonds is 4. The lowest BCUT2D eigenvalue weighted by atomic mass is 9.80. The summed E-state index contributed by atoms with van der Waals surface area (Å²) in [4.78, 5) is 2.63. The van der Waals surface area contributed by atoms with Gasteiger partial charge in [0, 0.05) is 85.2 Å². The van der Waals surface area contributed by atoms with Gasteiger partial charge in [0.25, 0.3) is 0 Å². The van der Waals surface area contributed by atoms with Crippen LogP contribution in [0, 0.1) is 0 Å². The van der Waals surface area contributed by atoms with Crippen LogP contribution in [0.15, 0.2) is 194 Å². The van der Waals surface area contributed by atoms with E-state index in [2.05, 4.69) is 204 Å². The zero-order valence-electron chi connectivity index (χ0n) is 31.3. The van der Waals surface area contributed by atoms with E-state index in [0.29, 0.717) is 0 Å². The van der Waals surface area contributed by atoms with Crippen molar-refractivity contribution in [3.8, 4) is 16.8 Å². The van der Waals surface area contributed by atoms with E-state index in [0.717, 1.165) is 0 Å². The van der Waals surface area contributed by atoms with Crippen LogP contribution >= 0.6 is 22.7 Å². The van der Waals surface area contributed by atoms with Crippen molar-refractivity contribution in [3.05, 3.63) is 205 Å². The van der Waals surface area contributed by atoms with E-state index in [1.807, 2.05) is 22.7 Å². The fourth-order valence-corrected chi connectivity index (χ4v) is 12.5. The van der Waals surface area contributed by atoms with Gasteiger partial charge in [-0.15, -0.1) is 22.7 Å². The standard InChI is InChI=1S/C54H34N2S2/c1-2-14-34(15-3-1)55-46-23-8-4-16-37(46)43-30-33(28-29-48(43)55)36-20-13-25-49-52(36)42-19-5-9-24-47(42)56(49)35-31-44-39-18-7-11-27-51(39)58-54(44)45(32-35)41-22-12-21-40-38-17-6-10-26-50(38)57-53(40)41/h1-32,49,52H. The van der Waals surface area contributed by atoms with E-state index >= 15 is 0 Å². The van der Waals surface area contributed by atoms with Crippen LogP contribution in [0.4, 0.5) is 11.4 Å². The molecule has 0 amide bonds. The minimum atomic E-state index is 0.120. The quantitative estimate of drug-likeness (QED) is 0.173. The van der Waals surface area contributed by atoms with Crippen LogP contribution in [0.25, 0.3) is 84.5 Å². The molecule has 272 valence electrons. The molecule has 8 aromatic carbocycles. The molecule has 13 rings (SSSR count). The van der Waals surface area contributed by atoms with E-state index in [9.17, 15) is 0 Å². The summed E-state index contributed by atoms with van der Waals surface area (Å²) < 4.78 is 7.76. The van der Waals surface area contributed by atoms with Crippen LogP contribution in [0.5, 0.6) is 0 Å². The van der Waals surface area contributed by atoms with Crippen molar-refractivity contribution in [2.45, 2.75) is 12.0 Å². The van der Waals surface area contributed by atoms with Crippen molar-refractivity contribution >= 4 is 102 Å². The third-order valence-corrected chi connectivity index (χ3v) is 15.0. The van der Waals surface area contributed by atoms with Crippen LogP contribution in [-0.4, -0.2) is 10.6 Å². The Morgan fingerprint density at radius 2 is 1.12 bits per heavy atom. The molecule has 1 aliphatic heterocycles. The minimum absolute atomic E-state index is 0.120. The Kier molecular flexibility index (Phi) is 6.91. The number of aromatic nitrogens is 1. The summed E-state index contributed by atoms with van der Waals surface area (Å²) >= 11 is 3.83. The van der Waals surface area contributed by atoms with Gasteiger partial charge < -0.3 is 9.47 Å². The third-order valence-electron chi connectivity index (χ3n) is 12.5. The van der Waals surface area contributed by atoms with Gasteiger partial charge in [-0.05, 0) is 77.4 Å². The molecule has 2 aliphatic rings. The van der Waals surface area contributed by atoms with E-state index < -0.39 is 0 Å². The fraction of sp³-hybridized carbons (Fsp3) is 0.0370. The fourth-order valence-electron chi connectivity index (χ4n) is 10.1. The molecule has 58 heavy (non-hydrogen) atoms. The first-order chi connectivity index (χ1) is 28.8. The normalized spacial score (nSPS) is 16.3. The Hall–Kier alpha value is -6.72. The molecule has 3 aromatic heterocycles. The second-order valence-corrected chi connectivity index (χ2v) is 17.7. The molecule has 0 spiro atoms. The van der Waals surface area contributed by atoms with Gasteiger partial charge in [-0.3, -0.25) is 0 Å². The summed E-state index contributed by atoms with van der Waals surface area (Å²) in [6.45, 7) is 0. The summed E-state index contributed by atoms with van der Waals surface area (Å²) in [6.07, 6.45) is 7.09. The molecule has 0 fully saturated rings. The number of benzene rings is 8. The van der Waals surface area contributed by atoms with Crippen molar-refractivity contribution in [3.63, 3.8) is 0 Å². The zero-order valence-corrected chi connectivity index (χ0v) is 33.0. The van der Waals surface area contributed by atoms with Gasteiger partial charge in [-0.1, -0.05) is 133 Å². The second-order valence-electron chi connectivity index (χ2n) is 15.6. The van der Waals surface area contributed by atoms with Crippen molar-refractivity contribution in [2.24, 2.45) is 0 Å². The van der Waals surface area contributed by atoms with Gasteiger partial charge in [0.1, 0.15) is 0 Å². The molecule has 2 atom stereocenters. The lowest BCUT2D eigenvalue weighted by Gasteiger charge is -2.32. The summed E-state index contributed by atoms with van der Waals surface area (Å²) in [5, 5.41) is 7.86. The first-order valence-electron chi connectivity index (χ1n) is 20.0. The smallest absolute Gasteiger partial charge is 0.0635 e. The largest absolute Gasteiger partial charge is 0.333 e. The van der Waals surface area contributed by atoms with Crippen LogP contribution in [0.3, 0.4) is 0 Å². The Morgan fingerprint density at radius 3 is 1.97 bits per heavy atom. The SMILES string of the molecule is C1=CC2C(C(c3ccc4c(c3)c3ccccc3n4-c3ccccc3)=C1)c1ccccc1N2c1cc(-c2cccc3c2sc2ccccc23)c2sc3ccccc3c2c1. The number of fused-ring (bicyclic) bond motifs is 12. The highest BCUT2D eigenvalue weighted by molar-refractivity contribution is 7.27. The van der Waals surface area contributed by atoms with Gasteiger partial charge in [-0.25, -0.2) is 0 Å². The van der Waals surface area contributed by atoms with E-state index in [4.69, 9.17) is 0 Å². The highest BCUT2D eigenvalue weighted by Gasteiger charge is 2.41. The summed E-state index contributed by atoms with van der Waals surface area (Å²) in [7, 11) is 0. The summed E-state index contributed by atoms with van der Waals surface area (Å²) in [5.41, 5.74) is 12.8. The first-order valence-corrected chi connectivity index (χ1v) is 21.6. The molecule has 4 heterocycles. The maximum atomic E-state index is 2.63. The lowest BCUT2D eigenvalue weighted by molar-refractivity contribution is 0.759. The van der Waals surface area contributed by atoms with Gasteiger partial charge in [-0.2, -0.15) is 0 Å². The molecule has 2 nitrogen and oxygen atoms in total. The highest BCUT2D eigenvalue weighted by Crippen LogP contribution is 2.55. The van der Waals surface area contributed by atoms with E-state index in [1.165, 1.54) is 107 Å². The van der Waals surface area contributed by atoms with Crippen molar-refractivity contribution < 1.29 is 0 Å². The number of allylic oxidation sites excluding steroid dienone is 2. The number of thiophene rings is 2. The van der Waals surface area contributed by atoms with E-state index in [-0.39, 0.29) is 12.0 Å². The van der Waals surface area contributed by atoms with Gasteiger partial charge in [0.15, 0.2) is 0 Å². The van der Waals surface area contributed by atoms with Crippen LogP contribution in [0.1, 0.15) is 17.0 Å². The van der Waals surface area contributed by atoms with Crippen LogP contribution in [0.2, 0.25) is 0 Å². The van der Waals surface area contributed by atoms with Crippen molar-refractivity contribution in [1.82, 2.24) is 4.57 Å². The minimum Gasteiger partial charge on any atom is -0.333 e. The summed E-state index contributed by atoms with van der Waals surface area (Å²) in [6, 6.07) is 65.6. The maximum Gasteiger partial charge on any atom is 0.0635 e. The number of anilines is 2. The second kappa shape index (κ2) is 12.4. The Bertz CT molecular complexity index is 3540. The number of hydrogen-bond donors (Lipinski definition) is 0. The third kappa shape index (κ3) is 4.59. The number of para-hydroxylation sites is 3. The molecule has 0 saturated heterocycles. The maximum absolute atomic E-state index is 2.63. The molecule has 11 aromatic rings. The molecule has 4 heteroatoms.